The van der Waals surface area contributed by atoms with Crippen LogP contribution in [0.15, 0.2) is 0 Å². The Kier molecular flexibility index (Phi) is 5.17. The molecule has 96 valence electrons. The van der Waals surface area contributed by atoms with E-state index in [2.05, 4.69) is 9.46 Å². The van der Waals surface area contributed by atoms with E-state index in [1.165, 1.54) is 13.8 Å². The van der Waals surface area contributed by atoms with E-state index in [0.29, 0.717) is 0 Å². The molecule has 1 amide bonds. The van der Waals surface area contributed by atoms with Gasteiger partial charge in [0.2, 0.25) is 0 Å². The van der Waals surface area contributed by atoms with Gasteiger partial charge in [-0.2, -0.15) is 13.1 Å². The van der Waals surface area contributed by atoms with Crippen LogP contribution >= 0.6 is 0 Å². The lowest BCUT2D eigenvalue weighted by molar-refractivity contribution is 0.121. The van der Waals surface area contributed by atoms with Crippen LogP contribution in [-0.2, 0) is 14.9 Å². The van der Waals surface area contributed by atoms with Gasteiger partial charge in [0.25, 0.3) is 0 Å². The Morgan fingerprint density at radius 1 is 1.44 bits per heavy atom. The molecule has 0 radical (unpaired) electrons. The van der Waals surface area contributed by atoms with Crippen molar-refractivity contribution < 1.29 is 23.1 Å². The zero-order chi connectivity index (χ0) is 13.0. The molecular formula is C8H18N2O5S. The van der Waals surface area contributed by atoms with Crippen molar-refractivity contribution in [3.05, 3.63) is 0 Å². The molecule has 16 heavy (non-hydrogen) atoms. The number of nitrogens with one attached hydrogen (secondary N) is 2. The number of aliphatic hydroxyl groups is 1. The van der Waals surface area contributed by atoms with Crippen LogP contribution in [0, 0.1) is 0 Å². The Morgan fingerprint density at radius 3 is 2.31 bits per heavy atom. The van der Waals surface area contributed by atoms with Crippen LogP contribution in [0.2, 0.25) is 0 Å². The number of rotatable bonds is 5. The third kappa shape index (κ3) is 6.59. The highest BCUT2D eigenvalue weighted by Crippen LogP contribution is 2.01. The van der Waals surface area contributed by atoms with Gasteiger partial charge < -0.3 is 9.84 Å². The summed E-state index contributed by atoms with van der Waals surface area (Å²) in [5.41, 5.74) is -1.05. The van der Waals surface area contributed by atoms with Crippen molar-refractivity contribution in [2.45, 2.75) is 39.3 Å². The number of hydrogen-bond acceptors (Lipinski definition) is 5. The Bertz CT molecular complexity index is 336. The molecule has 0 aliphatic rings. The highest BCUT2D eigenvalue weighted by molar-refractivity contribution is 7.88. The fraction of sp³-hybridized carbons (Fsp3) is 0.875. The minimum absolute atomic E-state index is 0.396. The predicted molar refractivity (Wildman–Crippen MR) is 58.0 cm³/mol. The Labute approximate surface area is 95.4 Å². The number of carbonyl (C=O) groups is 1. The summed E-state index contributed by atoms with van der Waals surface area (Å²) in [5, 5.41) is 8.87. The quantitative estimate of drug-likeness (QED) is 0.626. The maximum Gasteiger partial charge on any atom is 0.422 e. The topological polar surface area (TPSA) is 105 Å². The molecule has 0 spiro atoms. The molecule has 0 unspecified atom stereocenters. The van der Waals surface area contributed by atoms with Gasteiger partial charge in [0.1, 0.15) is 0 Å². The van der Waals surface area contributed by atoms with E-state index in [-0.39, 0.29) is 0 Å². The van der Waals surface area contributed by atoms with E-state index in [4.69, 9.17) is 5.11 Å². The van der Waals surface area contributed by atoms with Crippen molar-refractivity contribution in [1.82, 2.24) is 9.44 Å². The fourth-order valence-corrected chi connectivity index (χ4v) is 1.88. The molecule has 0 aromatic carbocycles. The number of ether oxygens (including phenoxy) is 1. The second-order valence-electron chi connectivity index (χ2n) is 4.20. The van der Waals surface area contributed by atoms with Crippen LogP contribution in [0.3, 0.4) is 0 Å². The lowest BCUT2D eigenvalue weighted by atomic mass is 10.1. The first-order valence-electron chi connectivity index (χ1n) is 4.71. The van der Waals surface area contributed by atoms with Gasteiger partial charge in [-0.3, -0.25) is 0 Å². The second kappa shape index (κ2) is 5.46. The van der Waals surface area contributed by atoms with Crippen molar-refractivity contribution in [3.63, 3.8) is 0 Å². The summed E-state index contributed by atoms with van der Waals surface area (Å²) in [5.74, 6) is 0. The van der Waals surface area contributed by atoms with Crippen molar-refractivity contribution in [2.75, 3.05) is 6.61 Å². The predicted octanol–water partition coefficient (Wildman–Crippen LogP) is -0.274. The van der Waals surface area contributed by atoms with E-state index >= 15 is 0 Å². The number of amides is 1. The summed E-state index contributed by atoms with van der Waals surface area (Å²) in [6.07, 6.45) is -1.47. The molecule has 0 saturated heterocycles. The highest BCUT2D eigenvalue weighted by atomic mass is 32.2. The normalized spacial score (nSPS) is 12.6. The Morgan fingerprint density at radius 2 is 1.94 bits per heavy atom. The first kappa shape index (κ1) is 15.1. The van der Waals surface area contributed by atoms with Gasteiger partial charge in [-0.25, -0.2) is 9.52 Å². The van der Waals surface area contributed by atoms with Crippen LogP contribution < -0.4 is 9.44 Å². The number of carbonyl (C=O) groups excluding carboxylic acids is 1. The van der Waals surface area contributed by atoms with Gasteiger partial charge >= 0.3 is 16.3 Å². The Balaban J connectivity index is 4.42. The van der Waals surface area contributed by atoms with Crippen LogP contribution in [0.4, 0.5) is 4.79 Å². The molecule has 0 rings (SSSR count). The molecule has 8 heteroatoms. The lowest BCUT2D eigenvalue weighted by Gasteiger charge is -2.23. The average molecular weight is 254 g/mol. The van der Waals surface area contributed by atoms with Crippen molar-refractivity contribution in [1.29, 1.82) is 0 Å². The van der Waals surface area contributed by atoms with E-state index in [9.17, 15) is 13.2 Å². The molecule has 0 bridgehead atoms. The minimum Gasteiger partial charge on any atom is -0.446 e. The van der Waals surface area contributed by atoms with Crippen molar-refractivity contribution >= 4 is 16.3 Å². The first-order chi connectivity index (χ1) is 7.08. The van der Waals surface area contributed by atoms with Gasteiger partial charge in [-0.05, 0) is 27.7 Å². The van der Waals surface area contributed by atoms with E-state index in [1.54, 1.807) is 18.6 Å². The highest BCUT2D eigenvalue weighted by Gasteiger charge is 2.25. The summed E-state index contributed by atoms with van der Waals surface area (Å²) in [6.45, 7) is 5.74. The van der Waals surface area contributed by atoms with E-state index < -0.39 is 34.6 Å². The minimum atomic E-state index is -4.03. The SMILES string of the molecule is CC(C)OC(=O)NS(=O)(=O)NC(C)(C)CO. The van der Waals surface area contributed by atoms with Gasteiger partial charge in [0.05, 0.1) is 18.2 Å². The molecular weight excluding hydrogens is 236 g/mol. The van der Waals surface area contributed by atoms with Crippen LogP contribution in [0.5, 0.6) is 0 Å². The molecule has 7 nitrogen and oxygen atoms in total. The molecule has 0 heterocycles. The van der Waals surface area contributed by atoms with Crippen LogP contribution in [0.1, 0.15) is 27.7 Å². The van der Waals surface area contributed by atoms with Gasteiger partial charge in [0.15, 0.2) is 0 Å². The van der Waals surface area contributed by atoms with Crippen LogP contribution in [-0.4, -0.2) is 37.9 Å². The summed E-state index contributed by atoms with van der Waals surface area (Å²) in [4.78, 5) is 11.0. The molecule has 0 aromatic heterocycles. The molecule has 0 saturated carbocycles. The fourth-order valence-electron chi connectivity index (χ4n) is 0.769. The Hall–Kier alpha value is -0.860. The molecule has 0 atom stereocenters. The van der Waals surface area contributed by atoms with Crippen molar-refractivity contribution in [3.8, 4) is 0 Å². The zero-order valence-electron chi connectivity index (χ0n) is 9.77. The smallest absolute Gasteiger partial charge is 0.422 e. The third-order valence-electron chi connectivity index (χ3n) is 1.37. The summed E-state index contributed by atoms with van der Waals surface area (Å²) in [6, 6.07) is 0. The lowest BCUT2D eigenvalue weighted by Crippen LogP contribution is -2.52. The van der Waals surface area contributed by atoms with E-state index in [1.807, 2.05) is 0 Å². The van der Waals surface area contributed by atoms with Gasteiger partial charge in [-0.1, -0.05) is 0 Å². The third-order valence-corrected chi connectivity index (χ3v) is 2.62. The van der Waals surface area contributed by atoms with Gasteiger partial charge in [-0.15, -0.1) is 0 Å². The maximum absolute atomic E-state index is 11.4. The largest absolute Gasteiger partial charge is 0.446 e. The number of aliphatic hydroxyl groups excluding tert-OH is 1. The standard InChI is InChI=1S/C8H18N2O5S/c1-6(2)15-7(12)9-16(13,14)10-8(3,4)5-11/h6,10-11H,5H2,1-4H3,(H,9,12). The molecule has 0 fully saturated rings. The summed E-state index contributed by atoms with van der Waals surface area (Å²) in [7, 11) is -4.03. The molecule has 0 aliphatic carbocycles. The van der Waals surface area contributed by atoms with E-state index in [0.717, 1.165) is 0 Å². The summed E-state index contributed by atoms with van der Waals surface area (Å²) < 4.78 is 31.1. The number of hydrogen-bond donors (Lipinski definition) is 3. The van der Waals surface area contributed by atoms with Gasteiger partial charge in [0, 0.05) is 0 Å². The van der Waals surface area contributed by atoms with Crippen molar-refractivity contribution in [2.24, 2.45) is 0 Å². The molecule has 0 aliphatic heterocycles. The second-order valence-corrected chi connectivity index (χ2v) is 5.62. The monoisotopic (exact) mass is 254 g/mol. The molecule has 0 aromatic rings. The summed E-state index contributed by atoms with van der Waals surface area (Å²) >= 11 is 0. The molecule has 3 N–H and O–H groups in total. The maximum atomic E-state index is 11.4. The zero-order valence-corrected chi connectivity index (χ0v) is 10.6. The first-order valence-corrected chi connectivity index (χ1v) is 6.19. The van der Waals surface area contributed by atoms with Crippen LogP contribution in [0.25, 0.3) is 0 Å². The average Bonchev–Trinajstić information content (AvgIpc) is 1.98.